The Bertz CT molecular complexity index is 677. The molecule has 1 aromatic heterocycles. The number of carbonyl (C=O) groups is 1. The van der Waals surface area contributed by atoms with Gasteiger partial charge in [0.2, 0.25) is 0 Å². The largest absolute Gasteiger partial charge is 0.465 e. The molecule has 0 radical (unpaired) electrons. The van der Waals surface area contributed by atoms with E-state index in [9.17, 15) is 9.18 Å². The number of benzene rings is 1. The third-order valence-corrected chi connectivity index (χ3v) is 3.74. The van der Waals surface area contributed by atoms with Crippen LogP contribution in [0.25, 0.3) is 0 Å². The molecule has 0 bridgehead atoms. The van der Waals surface area contributed by atoms with Gasteiger partial charge in [-0.05, 0) is 43.7 Å². The number of hydrogen-bond acceptors (Lipinski definition) is 3. The second-order valence-corrected chi connectivity index (χ2v) is 5.00. The minimum atomic E-state index is -0.482. The summed E-state index contributed by atoms with van der Waals surface area (Å²) in [6.07, 6.45) is 0. The smallest absolute Gasteiger partial charge is 0.337 e. The summed E-state index contributed by atoms with van der Waals surface area (Å²) in [5.74, 6) is -0.877. The van der Waals surface area contributed by atoms with Crippen LogP contribution in [0.5, 0.6) is 0 Å². The lowest BCUT2D eigenvalue weighted by atomic mass is 10.2. The molecule has 1 aromatic carbocycles. The normalized spacial score (nSPS) is 10.5. The number of methoxy groups -OCH3 is 1. The summed E-state index contributed by atoms with van der Waals surface area (Å²) in [5, 5.41) is 3.03. The number of anilines is 1. The van der Waals surface area contributed by atoms with Crippen LogP contribution >= 0.6 is 0 Å². The number of aromatic nitrogens is 1. The Kier molecular flexibility index (Phi) is 4.31. The molecular weight excluding hydrogens is 271 g/mol. The fourth-order valence-electron chi connectivity index (χ4n) is 2.21. The molecule has 1 heterocycles. The van der Waals surface area contributed by atoms with E-state index in [4.69, 9.17) is 0 Å². The van der Waals surface area contributed by atoms with Crippen molar-refractivity contribution in [3.63, 3.8) is 0 Å². The van der Waals surface area contributed by atoms with Crippen molar-refractivity contribution < 1.29 is 13.9 Å². The van der Waals surface area contributed by atoms with Crippen LogP contribution in [0.3, 0.4) is 0 Å². The molecule has 5 heteroatoms. The van der Waals surface area contributed by atoms with Crippen LogP contribution in [-0.2, 0) is 18.3 Å². The highest BCUT2D eigenvalue weighted by Crippen LogP contribution is 2.20. The molecule has 0 saturated heterocycles. The van der Waals surface area contributed by atoms with Crippen molar-refractivity contribution in [2.75, 3.05) is 12.4 Å². The van der Waals surface area contributed by atoms with Gasteiger partial charge in [-0.15, -0.1) is 0 Å². The summed E-state index contributed by atoms with van der Waals surface area (Å²) in [7, 11) is 3.29. The summed E-state index contributed by atoms with van der Waals surface area (Å²) in [4.78, 5) is 11.5. The number of hydrogen-bond donors (Lipinski definition) is 1. The van der Waals surface area contributed by atoms with Gasteiger partial charge >= 0.3 is 5.97 Å². The van der Waals surface area contributed by atoms with Gasteiger partial charge in [-0.3, -0.25) is 0 Å². The fraction of sp³-hybridized carbons (Fsp3) is 0.312. The van der Waals surface area contributed by atoms with Gasteiger partial charge in [0.1, 0.15) is 5.82 Å². The molecule has 0 fully saturated rings. The molecule has 0 spiro atoms. The van der Waals surface area contributed by atoms with E-state index in [-0.39, 0.29) is 0 Å². The predicted molar refractivity (Wildman–Crippen MR) is 80.0 cm³/mol. The Morgan fingerprint density at radius 1 is 1.33 bits per heavy atom. The number of nitrogens with zero attached hydrogens (tertiary/aromatic N) is 1. The highest BCUT2D eigenvalue weighted by atomic mass is 19.1. The standard InChI is InChI=1S/C16H19FN2O2/c1-10-7-13(11(2)19(10)3)9-18-15-8-12(16(20)21-4)5-6-14(15)17/h5-8,18H,9H2,1-4H3. The first kappa shape index (κ1) is 15.1. The Hall–Kier alpha value is -2.30. The van der Waals surface area contributed by atoms with Crippen LogP contribution in [0.2, 0.25) is 0 Å². The van der Waals surface area contributed by atoms with Gasteiger partial charge in [-0.2, -0.15) is 0 Å². The molecule has 0 aliphatic heterocycles. The molecular formula is C16H19FN2O2. The highest BCUT2D eigenvalue weighted by Gasteiger charge is 2.11. The van der Waals surface area contributed by atoms with Crippen LogP contribution in [0.1, 0.15) is 27.3 Å². The van der Waals surface area contributed by atoms with Gasteiger partial charge < -0.3 is 14.6 Å². The molecule has 2 rings (SSSR count). The maximum absolute atomic E-state index is 13.8. The van der Waals surface area contributed by atoms with Crippen LogP contribution in [0.4, 0.5) is 10.1 Å². The Balaban J connectivity index is 2.19. The topological polar surface area (TPSA) is 43.3 Å². The summed E-state index contributed by atoms with van der Waals surface area (Å²) >= 11 is 0. The van der Waals surface area contributed by atoms with E-state index in [1.165, 1.54) is 25.3 Å². The van der Waals surface area contributed by atoms with E-state index in [1.54, 1.807) is 0 Å². The Morgan fingerprint density at radius 3 is 2.62 bits per heavy atom. The molecule has 112 valence electrons. The van der Waals surface area contributed by atoms with Crippen LogP contribution in [0, 0.1) is 19.7 Å². The molecule has 2 aromatic rings. The lowest BCUT2D eigenvalue weighted by molar-refractivity contribution is 0.0600. The first-order valence-corrected chi connectivity index (χ1v) is 6.67. The summed E-state index contributed by atoms with van der Waals surface area (Å²) in [5.41, 5.74) is 3.98. The Morgan fingerprint density at radius 2 is 2.05 bits per heavy atom. The molecule has 21 heavy (non-hydrogen) atoms. The molecule has 0 amide bonds. The maximum Gasteiger partial charge on any atom is 0.337 e. The first-order chi connectivity index (χ1) is 9.93. The third-order valence-electron chi connectivity index (χ3n) is 3.74. The van der Waals surface area contributed by atoms with Crippen molar-refractivity contribution in [3.8, 4) is 0 Å². The quantitative estimate of drug-likeness (QED) is 0.879. The summed E-state index contributed by atoms with van der Waals surface area (Å²) in [6, 6.07) is 6.19. The van der Waals surface area contributed by atoms with Gasteiger partial charge in [0.05, 0.1) is 18.4 Å². The van der Waals surface area contributed by atoms with Crippen LogP contribution in [0.15, 0.2) is 24.3 Å². The molecule has 1 N–H and O–H groups in total. The average molecular weight is 290 g/mol. The van der Waals surface area contributed by atoms with Gasteiger partial charge in [0, 0.05) is 25.0 Å². The number of nitrogens with one attached hydrogen (secondary N) is 1. The van der Waals surface area contributed by atoms with E-state index in [1.807, 2.05) is 20.9 Å². The lowest BCUT2D eigenvalue weighted by Crippen LogP contribution is -2.06. The molecule has 0 saturated carbocycles. The van der Waals surface area contributed by atoms with E-state index in [2.05, 4.69) is 20.7 Å². The fourth-order valence-corrected chi connectivity index (χ4v) is 2.21. The maximum atomic E-state index is 13.8. The summed E-state index contributed by atoms with van der Waals surface area (Å²) < 4.78 is 20.5. The molecule has 0 aliphatic carbocycles. The lowest BCUT2D eigenvalue weighted by Gasteiger charge is -2.09. The van der Waals surface area contributed by atoms with E-state index in [0.717, 1.165) is 17.0 Å². The predicted octanol–water partition coefficient (Wildman–Crippen LogP) is 3.18. The highest BCUT2D eigenvalue weighted by molar-refractivity contribution is 5.90. The molecule has 0 atom stereocenters. The summed E-state index contributed by atoms with van der Waals surface area (Å²) in [6.45, 7) is 4.54. The number of halogens is 1. The van der Waals surface area contributed by atoms with Gasteiger partial charge in [0.15, 0.2) is 0 Å². The number of rotatable bonds is 4. The van der Waals surface area contributed by atoms with E-state index < -0.39 is 11.8 Å². The third kappa shape index (κ3) is 3.07. The Labute approximate surface area is 123 Å². The molecule has 0 unspecified atom stereocenters. The number of aryl methyl sites for hydroxylation is 1. The van der Waals surface area contributed by atoms with Gasteiger partial charge in [-0.1, -0.05) is 0 Å². The van der Waals surface area contributed by atoms with Crippen LogP contribution < -0.4 is 5.32 Å². The van der Waals surface area contributed by atoms with Crippen molar-refractivity contribution in [2.45, 2.75) is 20.4 Å². The van der Waals surface area contributed by atoms with Crippen LogP contribution in [-0.4, -0.2) is 17.6 Å². The SMILES string of the molecule is COC(=O)c1ccc(F)c(NCc2cc(C)n(C)c2C)c1. The monoisotopic (exact) mass is 290 g/mol. The van der Waals surface area contributed by atoms with E-state index >= 15 is 0 Å². The van der Waals surface area contributed by atoms with Crippen molar-refractivity contribution >= 4 is 11.7 Å². The molecule has 0 aliphatic rings. The second-order valence-electron chi connectivity index (χ2n) is 5.00. The molecule has 4 nitrogen and oxygen atoms in total. The van der Waals surface area contributed by atoms with E-state index in [0.29, 0.717) is 17.8 Å². The number of ether oxygens (including phenoxy) is 1. The van der Waals surface area contributed by atoms with Crippen molar-refractivity contribution in [1.82, 2.24) is 4.57 Å². The number of esters is 1. The zero-order valence-electron chi connectivity index (χ0n) is 12.7. The minimum absolute atomic E-state index is 0.291. The van der Waals surface area contributed by atoms with Gasteiger partial charge in [-0.25, -0.2) is 9.18 Å². The zero-order valence-corrected chi connectivity index (χ0v) is 12.7. The first-order valence-electron chi connectivity index (χ1n) is 6.67. The second kappa shape index (κ2) is 5.99. The number of carbonyl (C=O) groups excluding carboxylic acids is 1. The van der Waals surface area contributed by atoms with Crippen molar-refractivity contribution in [1.29, 1.82) is 0 Å². The zero-order chi connectivity index (χ0) is 15.6. The minimum Gasteiger partial charge on any atom is -0.465 e. The van der Waals surface area contributed by atoms with Gasteiger partial charge in [0.25, 0.3) is 0 Å². The average Bonchev–Trinajstić information content (AvgIpc) is 2.73. The van der Waals surface area contributed by atoms with Crippen molar-refractivity contribution in [3.05, 3.63) is 52.6 Å². The van der Waals surface area contributed by atoms with Crippen molar-refractivity contribution in [2.24, 2.45) is 7.05 Å².